The van der Waals surface area contributed by atoms with Crippen LogP contribution in [0.1, 0.15) is 22.9 Å². The van der Waals surface area contributed by atoms with E-state index in [1.807, 2.05) is 0 Å². The number of amides is 2. The summed E-state index contributed by atoms with van der Waals surface area (Å²) in [5, 5.41) is 5.48. The molecule has 0 aliphatic heterocycles. The number of likely N-dealkylation sites (N-methyl/N-ethyl adjacent to an activating group) is 1. The van der Waals surface area contributed by atoms with Crippen molar-refractivity contribution in [2.24, 2.45) is 0 Å². The van der Waals surface area contributed by atoms with Gasteiger partial charge < -0.3 is 15.6 Å². The van der Waals surface area contributed by atoms with Crippen LogP contribution in [0.25, 0.3) is 10.9 Å². The molecular weight excluding hydrogens is 371 g/mol. The Hall–Kier alpha value is -3.29. The van der Waals surface area contributed by atoms with Crippen molar-refractivity contribution < 1.29 is 22.8 Å². The van der Waals surface area contributed by atoms with Crippen molar-refractivity contribution >= 4 is 22.7 Å². The lowest BCUT2D eigenvalue weighted by Gasteiger charge is -2.18. The van der Waals surface area contributed by atoms with E-state index in [0.29, 0.717) is 22.2 Å². The van der Waals surface area contributed by atoms with Gasteiger partial charge >= 0.3 is 0 Å². The van der Waals surface area contributed by atoms with E-state index in [1.54, 1.807) is 13.0 Å². The number of aryl methyl sites for hydroxylation is 1. The van der Waals surface area contributed by atoms with Crippen LogP contribution in [0.5, 0.6) is 0 Å². The van der Waals surface area contributed by atoms with E-state index in [4.69, 9.17) is 0 Å². The molecule has 0 saturated carbocycles. The quantitative estimate of drug-likeness (QED) is 0.628. The van der Waals surface area contributed by atoms with Gasteiger partial charge in [-0.05, 0) is 48.4 Å². The van der Waals surface area contributed by atoms with Gasteiger partial charge in [-0.1, -0.05) is 6.07 Å². The van der Waals surface area contributed by atoms with Gasteiger partial charge in [-0.25, -0.2) is 13.2 Å². The summed E-state index contributed by atoms with van der Waals surface area (Å²) in [6.07, 6.45) is -0.119. The third-order valence-electron chi connectivity index (χ3n) is 4.51. The van der Waals surface area contributed by atoms with Gasteiger partial charge in [0, 0.05) is 23.6 Å². The topological polar surface area (TPSA) is 74.0 Å². The smallest absolute Gasteiger partial charge is 0.246 e. The fourth-order valence-electron chi connectivity index (χ4n) is 3.09. The molecule has 1 heterocycles. The SMILES string of the molecule is CNC(=O)C(NC(=O)Cc1c(C)[nH]c2ccc(F)cc12)c1ccc(F)c(F)c1. The number of hydrogen-bond acceptors (Lipinski definition) is 2. The van der Waals surface area contributed by atoms with Crippen molar-refractivity contribution in [1.29, 1.82) is 0 Å². The zero-order valence-electron chi connectivity index (χ0n) is 15.2. The average Bonchev–Trinajstić information content (AvgIpc) is 2.96. The molecule has 1 atom stereocenters. The Bertz CT molecular complexity index is 1060. The van der Waals surface area contributed by atoms with E-state index in [2.05, 4.69) is 15.6 Å². The van der Waals surface area contributed by atoms with E-state index in [0.717, 1.165) is 12.1 Å². The third-order valence-corrected chi connectivity index (χ3v) is 4.51. The molecule has 0 saturated heterocycles. The van der Waals surface area contributed by atoms with Crippen LogP contribution in [0.2, 0.25) is 0 Å². The molecule has 0 bridgehead atoms. The lowest BCUT2D eigenvalue weighted by Crippen LogP contribution is -2.39. The third kappa shape index (κ3) is 3.85. The van der Waals surface area contributed by atoms with E-state index >= 15 is 0 Å². The number of carbonyl (C=O) groups excluding carboxylic acids is 2. The van der Waals surface area contributed by atoms with Crippen molar-refractivity contribution in [2.75, 3.05) is 7.05 Å². The Morgan fingerprint density at radius 2 is 1.82 bits per heavy atom. The first-order valence-corrected chi connectivity index (χ1v) is 8.52. The Balaban J connectivity index is 1.87. The number of aromatic amines is 1. The summed E-state index contributed by atoms with van der Waals surface area (Å²) in [5.41, 5.74) is 2.08. The van der Waals surface area contributed by atoms with Gasteiger partial charge in [0.1, 0.15) is 11.9 Å². The maximum Gasteiger partial charge on any atom is 0.246 e. The molecule has 1 unspecified atom stereocenters. The molecule has 1 aromatic heterocycles. The average molecular weight is 389 g/mol. The van der Waals surface area contributed by atoms with Crippen LogP contribution in [-0.2, 0) is 16.0 Å². The van der Waals surface area contributed by atoms with Crippen molar-refractivity contribution in [3.8, 4) is 0 Å². The lowest BCUT2D eigenvalue weighted by atomic mass is 10.0. The highest BCUT2D eigenvalue weighted by Crippen LogP contribution is 2.24. The molecular formula is C20H18F3N3O2. The predicted octanol–water partition coefficient (Wildman–Crippen LogP) is 3.04. The molecule has 146 valence electrons. The number of benzene rings is 2. The van der Waals surface area contributed by atoms with E-state index in [9.17, 15) is 22.8 Å². The zero-order chi connectivity index (χ0) is 20.4. The molecule has 0 aliphatic rings. The van der Waals surface area contributed by atoms with Crippen molar-refractivity contribution in [3.05, 3.63) is 70.7 Å². The minimum atomic E-state index is -1.20. The molecule has 0 fully saturated rings. The number of carbonyl (C=O) groups is 2. The lowest BCUT2D eigenvalue weighted by molar-refractivity contribution is -0.128. The molecule has 2 aromatic carbocycles. The van der Waals surface area contributed by atoms with Gasteiger partial charge in [0.05, 0.1) is 6.42 Å². The second-order valence-electron chi connectivity index (χ2n) is 6.38. The molecule has 28 heavy (non-hydrogen) atoms. The number of nitrogens with one attached hydrogen (secondary N) is 3. The second-order valence-corrected chi connectivity index (χ2v) is 6.38. The molecule has 8 heteroatoms. The minimum Gasteiger partial charge on any atom is -0.358 e. The Kier molecular flexibility index (Phi) is 5.39. The van der Waals surface area contributed by atoms with Crippen molar-refractivity contribution in [2.45, 2.75) is 19.4 Å². The minimum absolute atomic E-state index is 0.105. The number of hydrogen-bond donors (Lipinski definition) is 3. The van der Waals surface area contributed by atoms with Crippen LogP contribution in [0.15, 0.2) is 36.4 Å². The summed E-state index contributed by atoms with van der Waals surface area (Å²) in [4.78, 5) is 27.8. The van der Waals surface area contributed by atoms with Gasteiger partial charge in [-0.15, -0.1) is 0 Å². The van der Waals surface area contributed by atoms with Gasteiger partial charge in [0.2, 0.25) is 11.8 Å². The predicted molar refractivity (Wildman–Crippen MR) is 98.0 cm³/mol. The van der Waals surface area contributed by atoms with Gasteiger partial charge in [0.25, 0.3) is 0 Å². The monoisotopic (exact) mass is 389 g/mol. The first-order valence-electron chi connectivity index (χ1n) is 8.52. The molecule has 0 spiro atoms. The summed E-state index contributed by atoms with van der Waals surface area (Å²) >= 11 is 0. The van der Waals surface area contributed by atoms with Crippen LogP contribution in [-0.4, -0.2) is 23.8 Å². The first kappa shape index (κ1) is 19.5. The first-order chi connectivity index (χ1) is 13.3. The zero-order valence-corrected chi connectivity index (χ0v) is 15.2. The maximum atomic E-state index is 13.6. The largest absolute Gasteiger partial charge is 0.358 e. The van der Waals surface area contributed by atoms with E-state index in [1.165, 1.54) is 25.2 Å². The number of rotatable bonds is 5. The standard InChI is InChI=1S/C20H18F3N3O2/c1-10-13(14-8-12(21)4-6-17(14)25-10)9-18(27)26-19(20(28)24-2)11-3-5-15(22)16(23)7-11/h3-8,19,25H,9H2,1-2H3,(H,24,28)(H,26,27). The second kappa shape index (κ2) is 7.75. The number of aromatic nitrogens is 1. The molecule has 3 aromatic rings. The van der Waals surface area contributed by atoms with Gasteiger partial charge in [-0.2, -0.15) is 0 Å². The van der Waals surface area contributed by atoms with Gasteiger partial charge in [0.15, 0.2) is 11.6 Å². The fourth-order valence-corrected chi connectivity index (χ4v) is 3.09. The summed E-state index contributed by atoms with van der Waals surface area (Å²) in [5.74, 6) is -3.71. The highest BCUT2D eigenvalue weighted by atomic mass is 19.2. The summed E-state index contributed by atoms with van der Waals surface area (Å²) in [6.45, 7) is 1.76. The molecule has 3 N–H and O–H groups in total. The van der Waals surface area contributed by atoms with E-state index < -0.39 is 35.3 Å². The van der Waals surface area contributed by atoms with Crippen molar-refractivity contribution in [1.82, 2.24) is 15.6 Å². The normalized spacial score (nSPS) is 12.0. The Labute approximate surface area is 158 Å². The highest BCUT2D eigenvalue weighted by Gasteiger charge is 2.24. The summed E-state index contributed by atoms with van der Waals surface area (Å²) in [6, 6.07) is 5.99. The van der Waals surface area contributed by atoms with Crippen LogP contribution >= 0.6 is 0 Å². The summed E-state index contributed by atoms with van der Waals surface area (Å²) < 4.78 is 40.3. The van der Waals surface area contributed by atoms with Crippen LogP contribution in [0.3, 0.4) is 0 Å². The van der Waals surface area contributed by atoms with Crippen LogP contribution in [0, 0.1) is 24.4 Å². The molecule has 2 amide bonds. The van der Waals surface area contributed by atoms with Crippen molar-refractivity contribution in [3.63, 3.8) is 0 Å². The van der Waals surface area contributed by atoms with Gasteiger partial charge in [-0.3, -0.25) is 9.59 Å². The van der Waals surface area contributed by atoms with Crippen LogP contribution in [0.4, 0.5) is 13.2 Å². The highest BCUT2D eigenvalue weighted by molar-refractivity contribution is 5.93. The van der Waals surface area contributed by atoms with E-state index in [-0.39, 0.29) is 12.0 Å². The summed E-state index contributed by atoms with van der Waals surface area (Å²) in [7, 11) is 1.37. The molecule has 0 aliphatic carbocycles. The molecule has 0 radical (unpaired) electrons. The molecule has 5 nitrogen and oxygen atoms in total. The maximum absolute atomic E-state index is 13.6. The van der Waals surface area contributed by atoms with Crippen LogP contribution < -0.4 is 10.6 Å². The number of halogens is 3. The number of H-pyrrole nitrogens is 1. The molecule has 3 rings (SSSR count). The fraction of sp³-hybridized carbons (Fsp3) is 0.200. The number of fused-ring (bicyclic) bond motifs is 1. The Morgan fingerprint density at radius 1 is 1.07 bits per heavy atom. The Morgan fingerprint density at radius 3 is 2.50 bits per heavy atom.